The van der Waals surface area contributed by atoms with Crippen molar-refractivity contribution in [1.82, 2.24) is 25.0 Å². The molecule has 0 N–H and O–H groups in total. The van der Waals surface area contributed by atoms with Gasteiger partial charge in [-0.1, -0.05) is 12.1 Å². The maximum absolute atomic E-state index is 4.99. The smallest absolute Gasteiger partial charge is 0.241 e. The normalized spacial score (nSPS) is 11.2. The molecule has 0 unspecified atom stereocenters. The number of hydrogen-bond acceptors (Lipinski definition) is 5. The quantitative estimate of drug-likeness (QED) is 0.668. The van der Waals surface area contributed by atoms with E-state index in [1.807, 2.05) is 24.3 Å². The van der Waals surface area contributed by atoms with Crippen LogP contribution in [0.15, 0.2) is 41.4 Å². The molecule has 19 heavy (non-hydrogen) atoms. The fourth-order valence-electron chi connectivity index (χ4n) is 1.50. The molecule has 0 saturated heterocycles. The Bertz CT molecular complexity index is 705. The van der Waals surface area contributed by atoms with Gasteiger partial charge in [0.25, 0.3) is 0 Å². The first-order valence-electron chi connectivity index (χ1n) is 5.43. The van der Waals surface area contributed by atoms with Gasteiger partial charge in [0.2, 0.25) is 12.3 Å². The van der Waals surface area contributed by atoms with Crippen LogP contribution >= 0.6 is 22.6 Å². The molecule has 0 aliphatic heterocycles. The molecule has 0 amide bonds. The van der Waals surface area contributed by atoms with Gasteiger partial charge in [0.05, 0.1) is 0 Å². The summed E-state index contributed by atoms with van der Waals surface area (Å²) in [5.41, 5.74) is 0.983. The minimum absolute atomic E-state index is 0.423. The third kappa shape index (κ3) is 2.87. The third-order valence-electron chi connectivity index (χ3n) is 2.34. The maximum atomic E-state index is 4.99. The van der Waals surface area contributed by atoms with Crippen molar-refractivity contribution in [3.05, 3.63) is 46.4 Å². The Labute approximate surface area is 122 Å². The van der Waals surface area contributed by atoms with Gasteiger partial charge in [-0.3, -0.25) is 0 Å². The van der Waals surface area contributed by atoms with Crippen molar-refractivity contribution in [3.8, 4) is 11.4 Å². The zero-order valence-electron chi connectivity index (χ0n) is 9.64. The van der Waals surface area contributed by atoms with E-state index in [9.17, 15) is 0 Å². The van der Waals surface area contributed by atoms with E-state index in [-0.39, 0.29) is 0 Å². The summed E-state index contributed by atoms with van der Waals surface area (Å²) in [6.45, 7) is 0. The lowest BCUT2D eigenvalue weighted by atomic mass is 10.2. The molecule has 3 rings (SSSR count). The van der Waals surface area contributed by atoms with Gasteiger partial charge in [-0.25, -0.2) is 9.67 Å². The Morgan fingerprint density at radius 2 is 2.26 bits per heavy atom. The molecule has 7 heteroatoms. The number of benzene rings is 1. The molecule has 0 radical (unpaired) electrons. The van der Waals surface area contributed by atoms with Crippen molar-refractivity contribution in [2.75, 3.05) is 0 Å². The number of nitrogens with zero attached hydrogens (tertiary/aromatic N) is 5. The summed E-state index contributed by atoms with van der Waals surface area (Å²) < 4.78 is 7.73. The Balaban J connectivity index is 1.83. The van der Waals surface area contributed by atoms with E-state index in [2.05, 4.69) is 42.9 Å². The number of aromatic nitrogens is 5. The summed E-state index contributed by atoms with van der Waals surface area (Å²) in [7, 11) is 0. The van der Waals surface area contributed by atoms with E-state index in [0.29, 0.717) is 11.7 Å². The van der Waals surface area contributed by atoms with Gasteiger partial charge < -0.3 is 4.42 Å². The second-order valence-corrected chi connectivity index (χ2v) is 4.90. The predicted molar refractivity (Wildman–Crippen MR) is 77.7 cm³/mol. The Kier molecular flexibility index (Phi) is 3.36. The highest BCUT2D eigenvalue weighted by atomic mass is 127. The highest BCUT2D eigenvalue weighted by Crippen LogP contribution is 2.17. The van der Waals surface area contributed by atoms with Gasteiger partial charge in [-0.2, -0.15) is 0 Å². The summed E-state index contributed by atoms with van der Waals surface area (Å²) in [4.78, 5) is 4.26. The van der Waals surface area contributed by atoms with Crippen molar-refractivity contribution in [3.63, 3.8) is 0 Å². The number of hydrogen-bond donors (Lipinski definition) is 0. The van der Waals surface area contributed by atoms with E-state index >= 15 is 0 Å². The number of halogens is 1. The summed E-state index contributed by atoms with van der Waals surface area (Å²) in [5, 5.41) is 11.7. The topological polar surface area (TPSA) is 69.6 Å². The fraction of sp³-hybridized carbons (Fsp3) is 0. The van der Waals surface area contributed by atoms with E-state index in [1.165, 1.54) is 6.39 Å². The predicted octanol–water partition coefficient (Wildman–Crippen LogP) is 2.56. The maximum Gasteiger partial charge on any atom is 0.241 e. The average Bonchev–Trinajstić information content (AvgIpc) is 3.08. The van der Waals surface area contributed by atoms with Gasteiger partial charge in [0.1, 0.15) is 6.33 Å². The van der Waals surface area contributed by atoms with E-state index in [4.69, 9.17) is 4.42 Å². The zero-order valence-corrected chi connectivity index (χ0v) is 11.8. The summed E-state index contributed by atoms with van der Waals surface area (Å²) >= 11 is 2.26. The molecule has 3 aromatic rings. The van der Waals surface area contributed by atoms with Crippen LogP contribution in [0.2, 0.25) is 0 Å². The molecular weight excluding hydrogens is 357 g/mol. The lowest BCUT2D eigenvalue weighted by Gasteiger charge is -1.95. The molecular formula is C12H8IN5O. The minimum Gasteiger partial charge on any atom is -0.424 e. The van der Waals surface area contributed by atoms with Crippen LogP contribution in [0.25, 0.3) is 23.7 Å². The second-order valence-electron chi connectivity index (χ2n) is 3.65. The van der Waals surface area contributed by atoms with Crippen LogP contribution in [-0.4, -0.2) is 25.0 Å². The summed E-state index contributed by atoms with van der Waals surface area (Å²) in [6, 6.07) is 8.01. The third-order valence-corrected chi connectivity index (χ3v) is 3.01. The van der Waals surface area contributed by atoms with E-state index < -0.39 is 0 Å². The van der Waals surface area contributed by atoms with Crippen LogP contribution in [0, 0.1) is 3.57 Å². The van der Waals surface area contributed by atoms with Crippen molar-refractivity contribution in [1.29, 1.82) is 0 Å². The minimum atomic E-state index is 0.423. The van der Waals surface area contributed by atoms with Gasteiger partial charge in [-0.15, -0.1) is 15.3 Å². The first-order chi connectivity index (χ1) is 9.31. The van der Waals surface area contributed by atoms with Gasteiger partial charge in [-0.05, 0) is 34.7 Å². The summed E-state index contributed by atoms with van der Waals surface area (Å²) in [6.07, 6.45) is 6.28. The molecule has 0 aliphatic carbocycles. The van der Waals surface area contributed by atoms with Crippen LogP contribution in [-0.2, 0) is 0 Å². The molecule has 0 atom stereocenters. The highest BCUT2D eigenvalue weighted by Gasteiger charge is 2.03. The Morgan fingerprint density at radius 1 is 1.32 bits per heavy atom. The molecule has 2 aromatic heterocycles. The molecule has 1 aromatic carbocycles. The Morgan fingerprint density at radius 3 is 3.05 bits per heavy atom. The van der Waals surface area contributed by atoms with E-state index in [1.54, 1.807) is 23.3 Å². The largest absolute Gasteiger partial charge is 0.424 e. The lowest BCUT2D eigenvalue weighted by molar-refractivity contribution is 0.542. The fourth-order valence-corrected chi connectivity index (χ4v) is 2.04. The van der Waals surface area contributed by atoms with Crippen LogP contribution in [0.4, 0.5) is 0 Å². The second kappa shape index (κ2) is 5.31. The van der Waals surface area contributed by atoms with E-state index in [0.717, 1.165) is 9.13 Å². The lowest BCUT2D eigenvalue weighted by Crippen LogP contribution is -1.88. The molecule has 2 heterocycles. The SMILES string of the molecule is Ic1cccc(-c2ncn(/C=C\c3nnco3)n2)c1. The van der Waals surface area contributed by atoms with Crippen LogP contribution in [0.1, 0.15) is 5.89 Å². The van der Waals surface area contributed by atoms with Gasteiger partial charge in [0.15, 0.2) is 5.82 Å². The average molecular weight is 365 g/mol. The standard InChI is InChI=1S/C12H8IN5O/c13-10-3-1-2-9(6-10)12-14-7-18(17-12)5-4-11-16-15-8-19-11/h1-8H/b5-4-. The molecule has 0 spiro atoms. The summed E-state index contributed by atoms with van der Waals surface area (Å²) in [5.74, 6) is 1.10. The molecule has 0 fully saturated rings. The van der Waals surface area contributed by atoms with Gasteiger partial charge >= 0.3 is 0 Å². The van der Waals surface area contributed by atoms with Crippen molar-refractivity contribution < 1.29 is 4.42 Å². The monoisotopic (exact) mass is 365 g/mol. The van der Waals surface area contributed by atoms with Crippen LogP contribution < -0.4 is 0 Å². The molecule has 0 saturated carbocycles. The van der Waals surface area contributed by atoms with Crippen LogP contribution in [0.3, 0.4) is 0 Å². The molecule has 6 nitrogen and oxygen atoms in total. The first-order valence-corrected chi connectivity index (χ1v) is 6.50. The first kappa shape index (κ1) is 12.0. The van der Waals surface area contributed by atoms with Crippen molar-refractivity contribution in [2.45, 2.75) is 0 Å². The molecule has 0 aliphatic rings. The van der Waals surface area contributed by atoms with Crippen molar-refractivity contribution in [2.24, 2.45) is 0 Å². The van der Waals surface area contributed by atoms with Gasteiger partial charge in [0, 0.05) is 21.4 Å². The molecule has 94 valence electrons. The zero-order chi connectivity index (χ0) is 13.1. The number of rotatable bonds is 3. The Hall–Kier alpha value is -2.03. The highest BCUT2D eigenvalue weighted by molar-refractivity contribution is 14.1. The van der Waals surface area contributed by atoms with Crippen molar-refractivity contribution >= 4 is 34.9 Å². The molecule has 0 bridgehead atoms. The van der Waals surface area contributed by atoms with Crippen LogP contribution in [0.5, 0.6) is 0 Å².